The summed E-state index contributed by atoms with van der Waals surface area (Å²) in [5, 5.41) is 1.08. The fourth-order valence-corrected chi connectivity index (χ4v) is 3.20. The molecule has 0 saturated carbocycles. The number of benzene rings is 1. The van der Waals surface area contributed by atoms with Crippen LogP contribution < -0.4 is 4.57 Å². The minimum atomic E-state index is 0.843. The SMILES string of the molecule is Cc1ccc(-c2cc3oc4ccc(C)nc4c3cc2C)[n+](C)c1. The van der Waals surface area contributed by atoms with Crippen LogP contribution in [0.1, 0.15) is 16.8 Å². The highest BCUT2D eigenvalue weighted by molar-refractivity contribution is 6.04. The normalized spacial score (nSPS) is 11.5. The van der Waals surface area contributed by atoms with Crippen LogP contribution in [0.25, 0.3) is 33.3 Å². The highest BCUT2D eigenvalue weighted by atomic mass is 16.3. The van der Waals surface area contributed by atoms with E-state index in [1.54, 1.807) is 0 Å². The van der Waals surface area contributed by atoms with Crippen LogP contribution in [0.4, 0.5) is 0 Å². The van der Waals surface area contributed by atoms with Crippen molar-refractivity contribution >= 4 is 22.1 Å². The number of hydrogen-bond donors (Lipinski definition) is 0. The Hall–Kier alpha value is -2.68. The molecule has 23 heavy (non-hydrogen) atoms. The first-order chi connectivity index (χ1) is 11.0. The Morgan fingerprint density at radius 2 is 1.78 bits per heavy atom. The van der Waals surface area contributed by atoms with Crippen LogP contribution in [0, 0.1) is 20.8 Å². The number of hydrogen-bond acceptors (Lipinski definition) is 2. The highest BCUT2D eigenvalue weighted by Gasteiger charge is 2.17. The molecule has 3 nitrogen and oxygen atoms in total. The molecule has 0 aliphatic rings. The predicted molar refractivity (Wildman–Crippen MR) is 92.3 cm³/mol. The number of aromatic nitrogens is 2. The van der Waals surface area contributed by atoms with Crippen molar-refractivity contribution in [2.75, 3.05) is 0 Å². The van der Waals surface area contributed by atoms with Gasteiger partial charge in [-0.05, 0) is 56.7 Å². The average Bonchev–Trinajstić information content (AvgIpc) is 2.84. The van der Waals surface area contributed by atoms with E-state index >= 15 is 0 Å². The van der Waals surface area contributed by atoms with E-state index in [2.05, 4.69) is 60.9 Å². The first-order valence-corrected chi connectivity index (χ1v) is 7.80. The molecule has 0 bridgehead atoms. The molecule has 0 atom stereocenters. The monoisotopic (exact) mass is 303 g/mol. The van der Waals surface area contributed by atoms with E-state index in [1.807, 2.05) is 19.1 Å². The minimum absolute atomic E-state index is 0.843. The average molecular weight is 303 g/mol. The quantitative estimate of drug-likeness (QED) is 0.488. The van der Waals surface area contributed by atoms with Gasteiger partial charge in [-0.1, -0.05) is 0 Å². The smallest absolute Gasteiger partial charge is 0.212 e. The molecular weight excluding hydrogens is 284 g/mol. The summed E-state index contributed by atoms with van der Waals surface area (Å²) in [6.07, 6.45) is 2.14. The van der Waals surface area contributed by atoms with Crippen molar-refractivity contribution in [1.82, 2.24) is 4.98 Å². The van der Waals surface area contributed by atoms with Crippen molar-refractivity contribution in [1.29, 1.82) is 0 Å². The largest absolute Gasteiger partial charge is 0.454 e. The molecule has 0 fully saturated rings. The summed E-state index contributed by atoms with van der Waals surface area (Å²) in [5.41, 5.74) is 8.53. The minimum Gasteiger partial charge on any atom is -0.454 e. The van der Waals surface area contributed by atoms with Crippen molar-refractivity contribution in [2.45, 2.75) is 20.8 Å². The molecule has 0 radical (unpaired) electrons. The van der Waals surface area contributed by atoms with E-state index in [-0.39, 0.29) is 0 Å². The zero-order chi connectivity index (χ0) is 16.1. The summed E-state index contributed by atoms with van der Waals surface area (Å²) < 4.78 is 8.18. The van der Waals surface area contributed by atoms with Crippen LogP contribution in [0.5, 0.6) is 0 Å². The van der Waals surface area contributed by atoms with Crippen molar-refractivity contribution in [3.05, 3.63) is 59.4 Å². The van der Waals surface area contributed by atoms with Crippen LogP contribution in [0.2, 0.25) is 0 Å². The molecule has 0 N–H and O–H groups in total. The molecule has 3 heterocycles. The van der Waals surface area contributed by atoms with E-state index < -0.39 is 0 Å². The van der Waals surface area contributed by atoms with Crippen LogP contribution in [0.15, 0.2) is 47.0 Å². The summed E-state index contributed by atoms with van der Waals surface area (Å²) in [6, 6.07) is 12.6. The van der Waals surface area contributed by atoms with Gasteiger partial charge in [0.25, 0.3) is 0 Å². The lowest BCUT2D eigenvalue weighted by molar-refractivity contribution is -0.660. The Morgan fingerprint density at radius 3 is 2.57 bits per heavy atom. The second kappa shape index (κ2) is 4.92. The third-order valence-electron chi connectivity index (χ3n) is 4.36. The summed E-state index contributed by atoms with van der Waals surface area (Å²) in [7, 11) is 2.08. The second-order valence-corrected chi connectivity index (χ2v) is 6.27. The van der Waals surface area contributed by atoms with Gasteiger partial charge in [-0.15, -0.1) is 0 Å². The third-order valence-corrected chi connectivity index (χ3v) is 4.36. The molecule has 0 aliphatic heterocycles. The maximum absolute atomic E-state index is 6.02. The summed E-state index contributed by atoms with van der Waals surface area (Å²) >= 11 is 0. The Kier molecular flexibility index (Phi) is 2.98. The summed E-state index contributed by atoms with van der Waals surface area (Å²) in [5.74, 6) is 0. The topological polar surface area (TPSA) is 29.9 Å². The molecular formula is C20H19N2O+. The molecule has 3 heteroatoms. The molecule has 4 rings (SSSR count). The fourth-order valence-electron chi connectivity index (χ4n) is 3.20. The Labute approximate surface area is 135 Å². The Balaban J connectivity index is 2.02. The zero-order valence-corrected chi connectivity index (χ0v) is 13.8. The van der Waals surface area contributed by atoms with Crippen LogP contribution in [0.3, 0.4) is 0 Å². The number of pyridine rings is 2. The molecule has 3 aromatic heterocycles. The van der Waals surface area contributed by atoms with E-state index in [1.165, 1.54) is 22.4 Å². The molecule has 1 aromatic carbocycles. The molecule has 0 saturated heterocycles. The number of furan rings is 1. The molecule has 0 amide bonds. The Bertz CT molecular complexity index is 1060. The highest BCUT2D eigenvalue weighted by Crippen LogP contribution is 2.32. The summed E-state index contributed by atoms with van der Waals surface area (Å²) in [4.78, 5) is 4.64. The second-order valence-electron chi connectivity index (χ2n) is 6.27. The van der Waals surface area contributed by atoms with Gasteiger partial charge in [0.1, 0.15) is 18.1 Å². The van der Waals surface area contributed by atoms with Gasteiger partial charge in [-0.25, -0.2) is 9.55 Å². The lowest BCUT2D eigenvalue weighted by atomic mass is 10.0. The first kappa shape index (κ1) is 13.9. The predicted octanol–water partition coefficient (Wildman–Crippen LogP) is 4.40. The van der Waals surface area contributed by atoms with E-state index in [9.17, 15) is 0 Å². The van der Waals surface area contributed by atoms with Gasteiger partial charge >= 0.3 is 0 Å². The number of aryl methyl sites for hydroxylation is 4. The number of rotatable bonds is 1. The van der Waals surface area contributed by atoms with Gasteiger partial charge in [0.05, 0.1) is 5.56 Å². The lowest BCUT2D eigenvalue weighted by Gasteiger charge is -2.05. The van der Waals surface area contributed by atoms with Gasteiger partial charge in [0.15, 0.2) is 11.8 Å². The standard InChI is InChI=1S/C20H19N2O/c1-12-5-7-17(22(4)11-12)15-10-19-16(9-13(15)2)20-18(23-19)8-6-14(3)21-20/h5-11H,1-4H3/q+1. The molecule has 0 spiro atoms. The van der Waals surface area contributed by atoms with Crippen LogP contribution in [-0.2, 0) is 7.05 Å². The van der Waals surface area contributed by atoms with Gasteiger partial charge in [0.2, 0.25) is 5.69 Å². The first-order valence-electron chi connectivity index (χ1n) is 7.80. The van der Waals surface area contributed by atoms with Gasteiger partial charge in [-0.3, -0.25) is 0 Å². The van der Waals surface area contributed by atoms with Crippen molar-refractivity contribution in [3.8, 4) is 11.3 Å². The zero-order valence-electron chi connectivity index (χ0n) is 13.8. The fraction of sp³-hybridized carbons (Fsp3) is 0.200. The van der Waals surface area contributed by atoms with Crippen molar-refractivity contribution in [3.63, 3.8) is 0 Å². The van der Waals surface area contributed by atoms with Crippen LogP contribution in [-0.4, -0.2) is 4.98 Å². The van der Waals surface area contributed by atoms with Gasteiger partial charge in [-0.2, -0.15) is 0 Å². The molecule has 114 valence electrons. The maximum atomic E-state index is 6.02. The molecule has 4 aromatic rings. The van der Waals surface area contributed by atoms with E-state index in [4.69, 9.17) is 4.42 Å². The molecule has 0 unspecified atom stereocenters. The number of fused-ring (bicyclic) bond motifs is 3. The maximum Gasteiger partial charge on any atom is 0.212 e. The third kappa shape index (κ3) is 2.20. The Morgan fingerprint density at radius 1 is 0.957 bits per heavy atom. The van der Waals surface area contributed by atoms with Crippen LogP contribution >= 0.6 is 0 Å². The lowest BCUT2D eigenvalue weighted by Crippen LogP contribution is -2.31. The van der Waals surface area contributed by atoms with Gasteiger partial charge < -0.3 is 4.42 Å². The molecule has 0 aliphatic carbocycles. The van der Waals surface area contributed by atoms with E-state index in [0.717, 1.165) is 27.8 Å². The number of nitrogens with zero attached hydrogens (tertiary/aromatic N) is 2. The van der Waals surface area contributed by atoms with Crippen molar-refractivity contribution in [2.24, 2.45) is 7.05 Å². The van der Waals surface area contributed by atoms with E-state index in [0.29, 0.717) is 0 Å². The summed E-state index contributed by atoms with van der Waals surface area (Å²) in [6.45, 7) is 6.25. The van der Waals surface area contributed by atoms with Crippen molar-refractivity contribution < 1.29 is 8.98 Å². The van der Waals surface area contributed by atoms with Gasteiger partial charge in [0, 0.05) is 22.7 Å².